The monoisotopic (exact) mass is 445 g/mol. The normalized spacial score (nSPS) is 10.9. The summed E-state index contributed by atoms with van der Waals surface area (Å²) in [7, 11) is 0. The van der Waals surface area contributed by atoms with E-state index in [4.69, 9.17) is 0 Å². The number of fused-ring (bicyclic) bond motifs is 1. The SMILES string of the molecule is O=C(Nc1ccc(-c2cn3ccsc3n2)cc1)c1ccc(I)cc1. The number of anilines is 1. The highest BCUT2D eigenvalue weighted by Gasteiger charge is 2.08. The minimum absolute atomic E-state index is 0.110. The molecule has 0 aliphatic rings. The van der Waals surface area contributed by atoms with E-state index in [1.54, 1.807) is 11.3 Å². The number of carbonyl (C=O) groups is 1. The maximum atomic E-state index is 12.2. The fraction of sp³-hybridized carbons (Fsp3) is 0. The predicted molar refractivity (Wildman–Crippen MR) is 106 cm³/mol. The molecule has 2 aromatic carbocycles. The maximum Gasteiger partial charge on any atom is 0.255 e. The third-order valence-corrected chi connectivity index (χ3v) is 5.13. The molecule has 118 valence electrons. The van der Waals surface area contributed by atoms with E-state index in [2.05, 4.69) is 32.9 Å². The number of thiazole rings is 1. The fourth-order valence-corrected chi connectivity index (χ4v) is 3.46. The van der Waals surface area contributed by atoms with Crippen LogP contribution in [0.5, 0.6) is 0 Å². The summed E-state index contributed by atoms with van der Waals surface area (Å²) < 4.78 is 3.11. The average Bonchev–Trinajstić information content (AvgIpc) is 3.18. The molecular formula is C18H12IN3OS. The summed E-state index contributed by atoms with van der Waals surface area (Å²) in [6, 6.07) is 15.2. The van der Waals surface area contributed by atoms with E-state index in [-0.39, 0.29) is 5.91 Å². The number of hydrogen-bond donors (Lipinski definition) is 1. The Morgan fingerprint density at radius 1 is 1.08 bits per heavy atom. The highest BCUT2D eigenvalue weighted by molar-refractivity contribution is 14.1. The van der Waals surface area contributed by atoms with Crippen LogP contribution in [0.15, 0.2) is 66.3 Å². The molecule has 1 N–H and O–H groups in total. The van der Waals surface area contributed by atoms with Gasteiger partial charge in [0, 0.05) is 38.2 Å². The lowest BCUT2D eigenvalue weighted by Crippen LogP contribution is -2.11. The van der Waals surface area contributed by atoms with Crippen LogP contribution in [0.1, 0.15) is 10.4 Å². The average molecular weight is 445 g/mol. The summed E-state index contributed by atoms with van der Waals surface area (Å²) in [4.78, 5) is 17.8. The van der Waals surface area contributed by atoms with Crippen LogP contribution in [0.2, 0.25) is 0 Å². The largest absolute Gasteiger partial charge is 0.322 e. The zero-order valence-electron chi connectivity index (χ0n) is 12.4. The summed E-state index contributed by atoms with van der Waals surface area (Å²) in [5, 5.41) is 4.92. The lowest BCUT2D eigenvalue weighted by molar-refractivity contribution is 0.102. The number of imidazole rings is 1. The molecule has 0 unspecified atom stereocenters. The fourth-order valence-electron chi connectivity index (χ4n) is 2.40. The van der Waals surface area contributed by atoms with Crippen LogP contribution >= 0.6 is 33.9 Å². The number of nitrogens with one attached hydrogen (secondary N) is 1. The molecule has 4 nitrogen and oxygen atoms in total. The van der Waals surface area contributed by atoms with Gasteiger partial charge in [-0.2, -0.15) is 0 Å². The first-order chi connectivity index (χ1) is 11.7. The Balaban J connectivity index is 1.52. The van der Waals surface area contributed by atoms with E-state index >= 15 is 0 Å². The molecule has 0 aliphatic heterocycles. The number of aromatic nitrogens is 2. The van der Waals surface area contributed by atoms with Gasteiger partial charge >= 0.3 is 0 Å². The van der Waals surface area contributed by atoms with Gasteiger partial charge in [0.25, 0.3) is 5.91 Å². The molecule has 0 atom stereocenters. The van der Waals surface area contributed by atoms with E-state index in [1.165, 1.54) is 0 Å². The first kappa shape index (κ1) is 15.3. The van der Waals surface area contributed by atoms with Crippen molar-refractivity contribution >= 4 is 50.5 Å². The second kappa shape index (κ2) is 6.37. The van der Waals surface area contributed by atoms with E-state index < -0.39 is 0 Å². The zero-order chi connectivity index (χ0) is 16.5. The number of rotatable bonds is 3. The predicted octanol–water partition coefficient (Wildman–Crippen LogP) is 4.92. The molecule has 24 heavy (non-hydrogen) atoms. The molecule has 6 heteroatoms. The second-order valence-corrected chi connectivity index (χ2v) is 7.38. The lowest BCUT2D eigenvalue weighted by Gasteiger charge is -2.06. The highest BCUT2D eigenvalue weighted by atomic mass is 127. The molecule has 2 aromatic heterocycles. The summed E-state index contributed by atoms with van der Waals surface area (Å²) in [5.41, 5.74) is 3.37. The first-order valence-electron chi connectivity index (χ1n) is 7.28. The summed E-state index contributed by atoms with van der Waals surface area (Å²) in [5.74, 6) is -0.110. The molecule has 0 bridgehead atoms. The topological polar surface area (TPSA) is 46.4 Å². The molecule has 4 rings (SSSR count). The molecule has 4 aromatic rings. The van der Waals surface area contributed by atoms with Gasteiger partial charge in [0.05, 0.1) is 5.69 Å². The van der Waals surface area contributed by atoms with Gasteiger partial charge in [-0.1, -0.05) is 12.1 Å². The van der Waals surface area contributed by atoms with E-state index in [1.807, 2.05) is 70.7 Å². The molecule has 1 amide bonds. The van der Waals surface area contributed by atoms with Crippen LogP contribution in [0, 0.1) is 3.57 Å². The van der Waals surface area contributed by atoms with Crippen molar-refractivity contribution in [2.24, 2.45) is 0 Å². The van der Waals surface area contributed by atoms with Crippen molar-refractivity contribution in [3.8, 4) is 11.3 Å². The molecule has 0 spiro atoms. The van der Waals surface area contributed by atoms with Crippen LogP contribution in [0.25, 0.3) is 16.2 Å². The molecule has 2 heterocycles. The zero-order valence-corrected chi connectivity index (χ0v) is 15.4. The van der Waals surface area contributed by atoms with Crippen molar-refractivity contribution in [1.82, 2.24) is 9.38 Å². The number of benzene rings is 2. The quantitative estimate of drug-likeness (QED) is 0.455. The van der Waals surface area contributed by atoms with Gasteiger partial charge in [-0.15, -0.1) is 11.3 Å². The Labute approximate surface area is 156 Å². The summed E-state index contributed by atoms with van der Waals surface area (Å²) in [6.07, 6.45) is 4.00. The van der Waals surface area contributed by atoms with Crippen LogP contribution in [-0.4, -0.2) is 15.3 Å². The molecule has 0 saturated carbocycles. The van der Waals surface area contributed by atoms with E-state index in [0.717, 1.165) is 25.5 Å². The van der Waals surface area contributed by atoms with Gasteiger partial charge in [-0.3, -0.25) is 9.20 Å². The minimum atomic E-state index is -0.110. The third kappa shape index (κ3) is 3.07. The van der Waals surface area contributed by atoms with Crippen LogP contribution in [0.4, 0.5) is 5.69 Å². The van der Waals surface area contributed by atoms with Crippen molar-refractivity contribution in [1.29, 1.82) is 0 Å². The smallest absolute Gasteiger partial charge is 0.255 e. The number of carbonyl (C=O) groups excluding carboxylic acids is 1. The van der Waals surface area contributed by atoms with Crippen molar-refractivity contribution in [2.45, 2.75) is 0 Å². The van der Waals surface area contributed by atoms with Crippen LogP contribution in [-0.2, 0) is 0 Å². The van der Waals surface area contributed by atoms with Gasteiger partial charge in [0.15, 0.2) is 4.96 Å². The number of halogens is 1. The Hall–Kier alpha value is -2.19. The van der Waals surface area contributed by atoms with Crippen molar-refractivity contribution in [2.75, 3.05) is 5.32 Å². The van der Waals surface area contributed by atoms with Crippen LogP contribution in [0.3, 0.4) is 0 Å². The van der Waals surface area contributed by atoms with Crippen molar-refractivity contribution < 1.29 is 4.79 Å². The van der Waals surface area contributed by atoms with Crippen LogP contribution < -0.4 is 5.32 Å². The Morgan fingerprint density at radius 3 is 2.54 bits per heavy atom. The minimum Gasteiger partial charge on any atom is -0.322 e. The molecule has 0 radical (unpaired) electrons. The summed E-state index contributed by atoms with van der Waals surface area (Å²) in [6.45, 7) is 0. The van der Waals surface area contributed by atoms with E-state index in [9.17, 15) is 4.79 Å². The van der Waals surface area contributed by atoms with Gasteiger partial charge in [0.1, 0.15) is 0 Å². The van der Waals surface area contributed by atoms with Gasteiger partial charge < -0.3 is 5.32 Å². The van der Waals surface area contributed by atoms with Gasteiger partial charge in [-0.05, 0) is 59.0 Å². The van der Waals surface area contributed by atoms with Gasteiger partial charge in [-0.25, -0.2) is 4.98 Å². The molecule has 0 fully saturated rings. The first-order valence-corrected chi connectivity index (χ1v) is 9.24. The van der Waals surface area contributed by atoms with Crippen molar-refractivity contribution in [3.63, 3.8) is 0 Å². The number of nitrogens with zero attached hydrogens (tertiary/aromatic N) is 2. The standard InChI is InChI=1S/C18H12IN3OS/c19-14-5-1-13(2-6-14)17(23)20-15-7-3-12(4-8-15)16-11-22-9-10-24-18(22)21-16/h1-11H,(H,20,23). The third-order valence-electron chi connectivity index (χ3n) is 3.64. The van der Waals surface area contributed by atoms with E-state index in [0.29, 0.717) is 5.56 Å². The Morgan fingerprint density at radius 2 is 1.83 bits per heavy atom. The number of amides is 1. The second-order valence-electron chi connectivity index (χ2n) is 5.26. The summed E-state index contributed by atoms with van der Waals surface area (Å²) >= 11 is 3.83. The highest BCUT2D eigenvalue weighted by Crippen LogP contribution is 2.23. The molecular weight excluding hydrogens is 433 g/mol. The molecule has 0 saturated heterocycles. The van der Waals surface area contributed by atoms with Crippen molar-refractivity contribution in [3.05, 3.63) is 75.4 Å². The Bertz CT molecular complexity index is 974. The Kier molecular flexibility index (Phi) is 4.07. The lowest BCUT2D eigenvalue weighted by atomic mass is 10.1. The van der Waals surface area contributed by atoms with Gasteiger partial charge in [0.2, 0.25) is 0 Å². The molecule has 0 aliphatic carbocycles. The number of hydrogen-bond acceptors (Lipinski definition) is 3. The maximum absolute atomic E-state index is 12.2.